The Morgan fingerprint density at radius 2 is 0.545 bits per heavy atom. The molecule has 2 rings (SSSR count). The van der Waals surface area contributed by atoms with E-state index in [-0.39, 0.29) is 39.3 Å². The zero-order valence-corrected chi connectivity index (χ0v) is 26.7. The number of allylic oxidation sites excluding steroid dienone is 8. The molecule has 0 aliphatic carbocycles. The average molecular weight is 613 g/mol. The van der Waals surface area contributed by atoms with Crippen LogP contribution in [0.5, 0.6) is 0 Å². The molecule has 44 heavy (non-hydrogen) atoms. The zero-order chi connectivity index (χ0) is 32.5. The van der Waals surface area contributed by atoms with Gasteiger partial charge in [0.05, 0.1) is 26.2 Å². The van der Waals surface area contributed by atoms with Crippen LogP contribution >= 0.6 is 0 Å². The summed E-state index contributed by atoms with van der Waals surface area (Å²) in [6.07, 6.45) is 20.6. The first kappa shape index (κ1) is 36.0. The predicted octanol–water partition coefficient (Wildman–Crippen LogP) is 2.78. The standard InChI is InChI=1S/C32H48N6O6/c1-5-9-21-33-27(39)34(22-10-6-2)30(42)37(29(33)41)25-19-17-15-13-14-16-18-20-26-38-31(43)35(23-11-7-3)28(40)36(32(38)44)24-12-8-4/h5-12H,13-26H2,1-4H3. The van der Waals surface area contributed by atoms with E-state index in [4.69, 9.17) is 0 Å². The molecule has 0 amide bonds. The zero-order valence-electron chi connectivity index (χ0n) is 26.7. The van der Waals surface area contributed by atoms with Crippen molar-refractivity contribution in [2.45, 2.75) is 118 Å². The number of rotatable bonds is 19. The molecule has 0 saturated carbocycles. The molecule has 0 atom stereocenters. The van der Waals surface area contributed by atoms with Gasteiger partial charge >= 0.3 is 34.1 Å². The van der Waals surface area contributed by atoms with E-state index < -0.39 is 34.1 Å². The molecule has 0 saturated heterocycles. The van der Waals surface area contributed by atoms with Gasteiger partial charge in [0, 0.05) is 13.1 Å². The van der Waals surface area contributed by atoms with Gasteiger partial charge in [-0.05, 0) is 40.5 Å². The SMILES string of the molecule is CC=CCn1c(=O)n(CC=CC)c(=O)n(CCCCCCCCCCn2c(=O)n(CC=CC)c(=O)n(CC=CC)c2=O)c1=O. The van der Waals surface area contributed by atoms with E-state index in [9.17, 15) is 28.8 Å². The summed E-state index contributed by atoms with van der Waals surface area (Å²) >= 11 is 0. The highest BCUT2D eigenvalue weighted by atomic mass is 16.2. The Bertz CT molecular complexity index is 1460. The summed E-state index contributed by atoms with van der Waals surface area (Å²) in [6, 6.07) is 0. The lowest BCUT2D eigenvalue weighted by molar-refractivity contribution is 0.448. The van der Waals surface area contributed by atoms with E-state index in [0.717, 1.165) is 65.9 Å². The van der Waals surface area contributed by atoms with Crippen LogP contribution in [0.2, 0.25) is 0 Å². The molecule has 242 valence electrons. The molecular formula is C32H48N6O6. The molecule has 0 aliphatic heterocycles. The van der Waals surface area contributed by atoms with Crippen LogP contribution in [0.25, 0.3) is 0 Å². The van der Waals surface area contributed by atoms with Gasteiger partial charge in [-0.1, -0.05) is 87.1 Å². The molecule has 0 unspecified atom stereocenters. The second-order valence-corrected chi connectivity index (χ2v) is 10.5. The van der Waals surface area contributed by atoms with Crippen LogP contribution < -0.4 is 34.1 Å². The quantitative estimate of drug-likeness (QED) is 0.177. The predicted molar refractivity (Wildman–Crippen MR) is 175 cm³/mol. The first-order valence-electron chi connectivity index (χ1n) is 15.6. The van der Waals surface area contributed by atoms with Crippen LogP contribution in [0.15, 0.2) is 77.4 Å². The van der Waals surface area contributed by atoms with Gasteiger partial charge in [0.15, 0.2) is 0 Å². The van der Waals surface area contributed by atoms with E-state index in [1.54, 1.807) is 76.3 Å². The van der Waals surface area contributed by atoms with Gasteiger partial charge in [-0.25, -0.2) is 56.2 Å². The van der Waals surface area contributed by atoms with Crippen molar-refractivity contribution in [3.05, 3.63) is 112 Å². The van der Waals surface area contributed by atoms with Crippen LogP contribution in [-0.2, 0) is 39.3 Å². The minimum Gasteiger partial charge on any atom is -0.247 e. The van der Waals surface area contributed by atoms with Crippen LogP contribution in [0.1, 0.15) is 79.1 Å². The van der Waals surface area contributed by atoms with E-state index in [1.807, 2.05) is 0 Å². The van der Waals surface area contributed by atoms with Crippen LogP contribution in [0, 0.1) is 0 Å². The maximum absolute atomic E-state index is 12.9. The third-order valence-electron chi connectivity index (χ3n) is 7.38. The first-order valence-corrected chi connectivity index (χ1v) is 15.6. The Hall–Kier alpha value is -4.22. The van der Waals surface area contributed by atoms with E-state index in [1.165, 1.54) is 0 Å². The fourth-order valence-corrected chi connectivity index (χ4v) is 4.82. The van der Waals surface area contributed by atoms with Crippen molar-refractivity contribution in [3.8, 4) is 0 Å². The Morgan fingerprint density at radius 1 is 0.341 bits per heavy atom. The highest BCUT2D eigenvalue weighted by Crippen LogP contribution is 2.09. The van der Waals surface area contributed by atoms with Crippen molar-refractivity contribution in [2.75, 3.05) is 0 Å². The summed E-state index contributed by atoms with van der Waals surface area (Å²) in [7, 11) is 0. The Morgan fingerprint density at radius 3 is 0.773 bits per heavy atom. The maximum atomic E-state index is 12.9. The average Bonchev–Trinajstić information content (AvgIpc) is 3.00. The highest BCUT2D eigenvalue weighted by Gasteiger charge is 2.15. The highest BCUT2D eigenvalue weighted by molar-refractivity contribution is 4.89. The molecule has 0 N–H and O–H groups in total. The summed E-state index contributed by atoms with van der Waals surface area (Å²) in [5, 5.41) is 0. The molecule has 0 radical (unpaired) electrons. The second-order valence-electron chi connectivity index (χ2n) is 10.5. The van der Waals surface area contributed by atoms with E-state index in [0.29, 0.717) is 12.8 Å². The number of aromatic nitrogens is 6. The lowest BCUT2D eigenvalue weighted by Crippen LogP contribution is -2.54. The fourth-order valence-electron chi connectivity index (χ4n) is 4.82. The summed E-state index contributed by atoms with van der Waals surface area (Å²) < 4.78 is 6.68. The number of hydrogen-bond acceptors (Lipinski definition) is 6. The Labute approximate surface area is 257 Å². The number of unbranched alkanes of at least 4 members (excludes halogenated alkanes) is 7. The van der Waals surface area contributed by atoms with Crippen molar-refractivity contribution in [1.29, 1.82) is 0 Å². The summed E-state index contributed by atoms with van der Waals surface area (Å²) in [4.78, 5) is 77.0. The summed E-state index contributed by atoms with van der Waals surface area (Å²) in [6.45, 7) is 8.18. The molecule has 0 fully saturated rings. The fraction of sp³-hybridized carbons (Fsp3) is 0.562. The number of hydrogen-bond donors (Lipinski definition) is 0. The van der Waals surface area contributed by atoms with Crippen LogP contribution in [0.4, 0.5) is 0 Å². The third kappa shape index (κ3) is 9.65. The van der Waals surface area contributed by atoms with E-state index in [2.05, 4.69) is 0 Å². The Kier molecular flexibility index (Phi) is 15.6. The normalized spacial score (nSPS) is 12.2. The topological polar surface area (TPSA) is 132 Å². The molecule has 12 nitrogen and oxygen atoms in total. The minimum atomic E-state index is -0.605. The van der Waals surface area contributed by atoms with Crippen LogP contribution in [0.3, 0.4) is 0 Å². The van der Waals surface area contributed by atoms with Crippen molar-refractivity contribution in [2.24, 2.45) is 0 Å². The van der Waals surface area contributed by atoms with Crippen LogP contribution in [-0.4, -0.2) is 27.4 Å². The first-order chi connectivity index (χ1) is 21.2. The van der Waals surface area contributed by atoms with Gasteiger partial charge in [-0.3, -0.25) is 0 Å². The third-order valence-corrected chi connectivity index (χ3v) is 7.38. The molecule has 0 bridgehead atoms. The molecular weight excluding hydrogens is 564 g/mol. The molecule has 0 aliphatic rings. The lowest BCUT2D eigenvalue weighted by atomic mass is 10.1. The Balaban J connectivity index is 1.90. The van der Waals surface area contributed by atoms with Gasteiger partial charge in [0.2, 0.25) is 0 Å². The van der Waals surface area contributed by atoms with Crippen molar-refractivity contribution >= 4 is 0 Å². The molecule has 12 heteroatoms. The van der Waals surface area contributed by atoms with Crippen molar-refractivity contribution in [1.82, 2.24) is 27.4 Å². The van der Waals surface area contributed by atoms with Gasteiger partial charge in [0.25, 0.3) is 0 Å². The number of nitrogens with zero attached hydrogens (tertiary/aromatic N) is 6. The largest absolute Gasteiger partial charge is 0.336 e. The summed E-state index contributed by atoms with van der Waals surface area (Å²) in [5.41, 5.74) is -3.54. The van der Waals surface area contributed by atoms with Crippen molar-refractivity contribution < 1.29 is 0 Å². The molecule has 2 aromatic rings. The molecule has 0 aromatic carbocycles. The van der Waals surface area contributed by atoms with Gasteiger partial charge in [0.1, 0.15) is 0 Å². The monoisotopic (exact) mass is 612 g/mol. The minimum absolute atomic E-state index is 0.116. The van der Waals surface area contributed by atoms with Crippen molar-refractivity contribution in [3.63, 3.8) is 0 Å². The molecule has 0 spiro atoms. The molecule has 2 heterocycles. The van der Waals surface area contributed by atoms with Gasteiger partial charge < -0.3 is 0 Å². The maximum Gasteiger partial charge on any atom is 0.336 e. The lowest BCUT2D eigenvalue weighted by Gasteiger charge is -2.12. The van der Waals surface area contributed by atoms with Gasteiger partial charge in [-0.15, -0.1) is 0 Å². The smallest absolute Gasteiger partial charge is 0.247 e. The van der Waals surface area contributed by atoms with E-state index >= 15 is 0 Å². The molecule has 2 aromatic heterocycles. The second kappa shape index (κ2) is 19.1. The summed E-state index contributed by atoms with van der Waals surface area (Å²) in [5.74, 6) is 0. The van der Waals surface area contributed by atoms with Gasteiger partial charge in [-0.2, -0.15) is 0 Å².